The van der Waals surface area contributed by atoms with Crippen molar-refractivity contribution in [2.75, 3.05) is 13.1 Å². The van der Waals surface area contributed by atoms with Crippen LogP contribution in [0.3, 0.4) is 0 Å². The molecule has 1 aliphatic heterocycles. The number of piperidine rings is 1. The number of hydrogen-bond acceptors (Lipinski definition) is 3. The van der Waals surface area contributed by atoms with Crippen molar-refractivity contribution in [1.29, 1.82) is 0 Å². The molecule has 5 heteroatoms. The van der Waals surface area contributed by atoms with Gasteiger partial charge in [-0.2, -0.15) is 0 Å². The number of rotatable bonds is 4. The highest BCUT2D eigenvalue weighted by Gasteiger charge is 2.30. The average Bonchev–Trinajstić information content (AvgIpc) is 3.06. The molecule has 0 amide bonds. The van der Waals surface area contributed by atoms with E-state index in [0.29, 0.717) is 6.04 Å². The van der Waals surface area contributed by atoms with E-state index in [4.69, 9.17) is 5.21 Å². The normalized spacial score (nSPS) is 25.3. The first kappa shape index (κ1) is 19.4. The second kappa shape index (κ2) is 8.24. The first-order valence-corrected chi connectivity index (χ1v) is 10.8. The van der Waals surface area contributed by atoms with Crippen LogP contribution in [-0.4, -0.2) is 40.0 Å². The molecule has 0 atom stereocenters. The molecule has 1 saturated carbocycles. The van der Waals surface area contributed by atoms with Crippen molar-refractivity contribution in [3.8, 4) is 0 Å². The van der Waals surface area contributed by atoms with Gasteiger partial charge in [0.2, 0.25) is 0 Å². The Kier molecular flexibility index (Phi) is 5.72. The van der Waals surface area contributed by atoms with E-state index in [2.05, 4.69) is 28.5 Å². The van der Waals surface area contributed by atoms with Gasteiger partial charge in [-0.1, -0.05) is 19.0 Å². The molecule has 1 aromatic carbocycles. The summed E-state index contributed by atoms with van der Waals surface area (Å²) in [5.74, 6) is 1.46. The van der Waals surface area contributed by atoms with Crippen molar-refractivity contribution in [3.05, 3.63) is 35.8 Å². The van der Waals surface area contributed by atoms with Crippen LogP contribution < -0.4 is 0 Å². The van der Waals surface area contributed by atoms with Crippen molar-refractivity contribution >= 4 is 17.1 Å². The summed E-state index contributed by atoms with van der Waals surface area (Å²) in [7, 11) is 0. The molecule has 4 nitrogen and oxygen atoms in total. The fourth-order valence-corrected chi connectivity index (χ4v) is 5.38. The van der Waals surface area contributed by atoms with Gasteiger partial charge in [0.25, 0.3) is 0 Å². The van der Waals surface area contributed by atoms with E-state index in [1.165, 1.54) is 44.0 Å². The van der Waals surface area contributed by atoms with E-state index in [1.54, 1.807) is 0 Å². The van der Waals surface area contributed by atoms with Gasteiger partial charge in [0.05, 0.1) is 6.21 Å². The molecule has 1 aliphatic carbocycles. The number of hydrogen-bond donors (Lipinski definition) is 1. The Morgan fingerprint density at radius 3 is 2.43 bits per heavy atom. The van der Waals surface area contributed by atoms with Crippen LogP contribution in [0.2, 0.25) is 0 Å². The van der Waals surface area contributed by atoms with Crippen molar-refractivity contribution in [1.82, 2.24) is 9.47 Å². The maximum Gasteiger partial charge on any atom is 0.123 e. The van der Waals surface area contributed by atoms with Crippen LogP contribution in [0.25, 0.3) is 10.9 Å². The van der Waals surface area contributed by atoms with E-state index in [9.17, 15) is 4.39 Å². The Morgan fingerprint density at radius 1 is 1.07 bits per heavy atom. The Labute approximate surface area is 167 Å². The van der Waals surface area contributed by atoms with Crippen LogP contribution in [0.4, 0.5) is 4.39 Å². The lowest BCUT2D eigenvalue weighted by Gasteiger charge is -2.42. The molecular formula is C23H32FN3O. The number of halogens is 1. The fourth-order valence-electron chi connectivity index (χ4n) is 5.38. The van der Waals surface area contributed by atoms with Gasteiger partial charge in [0.15, 0.2) is 0 Å². The molecule has 2 aliphatic rings. The van der Waals surface area contributed by atoms with Gasteiger partial charge >= 0.3 is 0 Å². The molecule has 1 N–H and O–H groups in total. The molecule has 0 unspecified atom stereocenters. The lowest BCUT2D eigenvalue weighted by Crippen LogP contribution is -2.43. The SMILES string of the molecule is CC(C)C1CCC(N2CCC(n3cc(C=NO)c4cc(F)ccc43)CC2)CC1. The van der Waals surface area contributed by atoms with Crippen LogP contribution in [0.15, 0.2) is 29.6 Å². The summed E-state index contributed by atoms with van der Waals surface area (Å²) in [5.41, 5.74) is 1.79. The van der Waals surface area contributed by atoms with Gasteiger partial charge in [0.1, 0.15) is 5.82 Å². The maximum atomic E-state index is 13.7. The Balaban J connectivity index is 1.44. The van der Waals surface area contributed by atoms with Gasteiger partial charge in [0, 0.05) is 47.8 Å². The molecule has 2 fully saturated rings. The molecule has 2 aromatic rings. The van der Waals surface area contributed by atoms with E-state index in [1.807, 2.05) is 12.3 Å². The summed E-state index contributed by atoms with van der Waals surface area (Å²) in [4.78, 5) is 2.70. The quantitative estimate of drug-likeness (QED) is 0.432. The minimum atomic E-state index is -0.260. The summed E-state index contributed by atoms with van der Waals surface area (Å²) in [6.45, 7) is 6.98. The lowest BCUT2D eigenvalue weighted by molar-refractivity contribution is 0.0894. The third kappa shape index (κ3) is 3.82. The van der Waals surface area contributed by atoms with E-state index in [0.717, 1.165) is 60.3 Å². The number of aromatic nitrogens is 1. The van der Waals surface area contributed by atoms with E-state index < -0.39 is 0 Å². The minimum Gasteiger partial charge on any atom is -0.411 e. The standard InChI is InChI=1S/C23H32FN3O/c1-16(2)17-3-6-20(7-4-17)26-11-9-21(10-12-26)27-15-18(14-25-28)22-13-19(24)5-8-23(22)27/h5,8,13-17,20-21,28H,3-4,6-7,9-12H2,1-2H3. The van der Waals surface area contributed by atoms with Gasteiger partial charge in [-0.05, 0) is 68.6 Å². The third-order valence-corrected chi connectivity index (χ3v) is 7.12. The van der Waals surface area contributed by atoms with Gasteiger partial charge < -0.3 is 14.7 Å². The predicted octanol–water partition coefficient (Wildman–Crippen LogP) is 5.44. The van der Waals surface area contributed by atoms with Crippen LogP contribution in [0.1, 0.15) is 64.0 Å². The van der Waals surface area contributed by atoms with Crippen molar-refractivity contribution < 1.29 is 9.60 Å². The number of likely N-dealkylation sites (tertiary alicyclic amines) is 1. The molecule has 28 heavy (non-hydrogen) atoms. The Bertz CT molecular complexity index is 828. The maximum absolute atomic E-state index is 13.7. The summed E-state index contributed by atoms with van der Waals surface area (Å²) in [6.07, 6.45) is 11.1. The second-order valence-corrected chi connectivity index (χ2v) is 8.98. The third-order valence-electron chi connectivity index (χ3n) is 7.12. The Hall–Kier alpha value is -1.88. The van der Waals surface area contributed by atoms with Crippen LogP contribution >= 0.6 is 0 Å². The van der Waals surface area contributed by atoms with Gasteiger partial charge in [-0.25, -0.2) is 4.39 Å². The van der Waals surface area contributed by atoms with E-state index >= 15 is 0 Å². The average molecular weight is 386 g/mol. The summed E-state index contributed by atoms with van der Waals surface area (Å²) < 4.78 is 16.0. The number of fused-ring (bicyclic) bond motifs is 1. The minimum absolute atomic E-state index is 0.260. The van der Waals surface area contributed by atoms with Gasteiger partial charge in [-0.3, -0.25) is 0 Å². The van der Waals surface area contributed by atoms with Crippen molar-refractivity contribution in [2.45, 2.75) is 64.5 Å². The number of benzene rings is 1. The molecule has 0 bridgehead atoms. The van der Waals surface area contributed by atoms with Crippen molar-refractivity contribution in [3.63, 3.8) is 0 Å². The van der Waals surface area contributed by atoms with Crippen LogP contribution in [0, 0.1) is 17.7 Å². The predicted molar refractivity (Wildman–Crippen MR) is 112 cm³/mol. The number of nitrogens with zero attached hydrogens (tertiary/aromatic N) is 3. The zero-order valence-corrected chi connectivity index (χ0v) is 17.0. The zero-order valence-electron chi connectivity index (χ0n) is 17.0. The molecule has 4 rings (SSSR count). The summed E-state index contributed by atoms with van der Waals surface area (Å²) >= 11 is 0. The molecule has 0 radical (unpaired) electrons. The Morgan fingerprint density at radius 2 is 1.79 bits per heavy atom. The highest BCUT2D eigenvalue weighted by molar-refractivity contribution is 5.99. The largest absolute Gasteiger partial charge is 0.411 e. The molecule has 2 heterocycles. The highest BCUT2D eigenvalue weighted by Crippen LogP contribution is 2.35. The molecule has 152 valence electrons. The first-order chi connectivity index (χ1) is 13.6. The zero-order chi connectivity index (χ0) is 19.7. The first-order valence-electron chi connectivity index (χ1n) is 10.8. The van der Waals surface area contributed by atoms with Crippen molar-refractivity contribution in [2.24, 2.45) is 17.0 Å². The van der Waals surface area contributed by atoms with Crippen LogP contribution in [-0.2, 0) is 0 Å². The van der Waals surface area contributed by atoms with E-state index in [-0.39, 0.29) is 5.82 Å². The second-order valence-electron chi connectivity index (χ2n) is 8.98. The summed E-state index contributed by atoms with van der Waals surface area (Å²) in [5, 5.41) is 12.9. The smallest absolute Gasteiger partial charge is 0.123 e. The molecule has 0 spiro atoms. The monoisotopic (exact) mass is 385 g/mol. The highest BCUT2D eigenvalue weighted by atomic mass is 19.1. The molecule has 1 aromatic heterocycles. The topological polar surface area (TPSA) is 40.8 Å². The fraction of sp³-hybridized carbons (Fsp3) is 0.609. The van der Waals surface area contributed by atoms with Gasteiger partial charge in [-0.15, -0.1) is 0 Å². The van der Waals surface area contributed by atoms with Crippen LogP contribution in [0.5, 0.6) is 0 Å². The number of oxime groups is 1. The molecular weight excluding hydrogens is 353 g/mol. The molecule has 1 saturated heterocycles. The lowest BCUT2D eigenvalue weighted by atomic mass is 9.79. The summed E-state index contributed by atoms with van der Waals surface area (Å²) in [6, 6.07) is 6.06.